The van der Waals surface area contributed by atoms with Gasteiger partial charge in [-0.1, -0.05) is 30.3 Å². The van der Waals surface area contributed by atoms with E-state index in [0.717, 1.165) is 17.2 Å². The molecule has 1 heterocycles. The quantitative estimate of drug-likeness (QED) is 0.792. The van der Waals surface area contributed by atoms with Gasteiger partial charge >= 0.3 is 0 Å². The van der Waals surface area contributed by atoms with Crippen LogP contribution < -0.4 is 10.2 Å². The van der Waals surface area contributed by atoms with Crippen LogP contribution in [-0.4, -0.2) is 17.0 Å². The number of aromatic nitrogens is 2. The second-order valence-corrected chi connectivity index (χ2v) is 4.94. The number of hydrogen-bond acceptors (Lipinski definition) is 5. The molecule has 5 nitrogen and oxygen atoms in total. The Balaban J connectivity index is 1.87. The summed E-state index contributed by atoms with van der Waals surface area (Å²) in [6, 6.07) is 21.3. The summed E-state index contributed by atoms with van der Waals surface area (Å²) in [5.74, 6) is 1.41. The smallest absolute Gasteiger partial charge is 0.138 e. The van der Waals surface area contributed by atoms with Gasteiger partial charge in [-0.3, -0.25) is 0 Å². The number of hydrogen-bond donors (Lipinski definition) is 1. The maximum Gasteiger partial charge on any atom is 0.138 e. The Kier molecular flexibility index (Phi) is 4.16. The molecule has 0 aliphatic carbocycles. The Morgan fingerprint density at radius 3 is 2.52 bits per heavy atom. The van der Waals surface area contributed by atoms with Gasteiger partial charge in [0.05, 0.1) is 11.3 Å². The van der Waals surface area contributed by atoms with Crippen LogP contribution in [0.5, 0.6) is 0 Å². The summed E-state index contributed by atoms with van der Waals surface area (Å²) >= 11 is 0. The van der Waals surface area contributed by atoms with Crippen molar-refractivity contribution in [3.63, 3.8) is 0 Å². The Bertz CT molecular complexity index is 839. The first-order valence-corrected chi connectivity index (χ1v) is 7.15. The minimum absolute atomic E-state index is 0.573. The minimum Gasteiger partial charge on any atom is -0.339 e. The van der Waals surface area contributed by atoms with E-state index in [4.69, 9.17) is 5.26 Å². The second kappa shape index (κ2) is 6.58. The monoisotopic (exact) mass is 301 g/mol. The average Bonchev–Trinajstić information content (AvgIpc) is 2.62. The van der Waals surface area contributed by atoms with E-state index in [1.165, 1.54) is 6.33 Å². The number of anilines is 4. The lowest BCUT2D eigenvalue weighted by atomic mass is 10.2. The van der Waals surface area contributed by atoms with Gasteiger partial charge in [0.2, 0.25) is 0 Å². The molecule has 1 N–H and O–H groups in total. The fraction of sp³-hybridized carbons (Fsp3) is 0.0556. The van der Waals surface area contributed by atoms with E-state index in [9.17, 15) is 0 Å². The number of rotatable bonds is 4. The van der Waals surface area contributed by atoms with Crippen LogP contribution in [-0.2, 0) is 0 Å². The molecule has 2 aromatic carbocycles. The van der Waals surface area contributed by atoms with Crippen molar-refractivity contribution in [3.8, 4) is 6.07 Å². The zero-order valence-electron chi connectivity index (χ0n) is 12.6. The van der Waals surface area contributed by atoms with Crippen LogP contribution in [0.25, 0.3) is 0 Å². The molecule has 0 spiro atoms. The first-order chi connectivity index (χ1) is 11.3. The Morgan fingerprint density at radius 2 is 1.74 bits per heavy atom. The highest BCUT2D eigenvalue weighted by Gasteiger charge is 2.08. The van der Waals surface area contributed by atoms with E-state index in [2.05, 4.69) is 21.4 Å². The molecule has 0 amide bonds. The molecule has 0 unspecified atom stereocenters. The van der Waals surface area contributed by atoms with E-state index in [-0.39, 0.29) is 0 Å². The predicted octanol–water partition coefficient (Wildman–Crippen LogP) is 3.86. The number of para-hydroxylation sites is 2. The fourth-order valence-electron chi connectivity index (χ4n) is 2.21. The molecule has 0 aliphatic rings. The minimum atomic E-state index is 0.573. The lowest BCUT2D eigenvalue weighted by Gasteiger charge is -2.18. The van der Waals surface area contributed by atoms with Crippen LogP contribution in [0.15, 0.2) is 67.0 Å². The maximum atomic E-state index is 9.16. The topological polar surface area (TPSA) is 64.8 Å². The van der Waals surface area contributed by atoms with Gasteiger partial charge in [0.25, 0.3) is 0 Å². The SMILES string of the molecule is CN(c1ccccc1)c1cc(Nc2ccccc2C#N)ncn1. The third-order valence-electron chi connectivity index (χ3n) is 3.45. The van der Waals surface area contributed by atoms with Gasteiger partial charge in [-0.05, 0) is 24.3 Å². The van der Waals surface area contributed by atoms with Gasteiger partial charge in [0, 0.05) is 18.8 Å². The summed E-state index contributed by atoms with van der Waals surface area (Å²) in [5.41, 5.74) is 2.33. The van der Waals surface area contributed by atoms with Gasteiger partial charge in [-0.2, -0.15) is 5.26 Å². The highest BCUT2D eigenvalue weighted by Crippen LogP contribution is 2.24. The second-order valence-electron chi connectivity index (χ2n) is 4.94. The van der Waals surface area contributed by atoms with Crippen LogP contribution >= 0.6 is 0 Å². The molecule has 3 rings (SSSR count). The van der Waals surface area contributed by atoms with E-state index in [1.54, 1.807) is 6.07 Å². The molecule has 0 radical (unpaired) electrons. The predicted molar refractivity (Wildman–Crippen MR) is 91.0 cm³/mol. The van der Waals surface area contributed by atoms with Gasteiger partial charge in [0.15, 0.2) is 0 Å². The molecule has 23 heavy (non-hydrogen) atoms. The molecule has 0 atom stereocenters. The van der Waals surface area contributed by atoms with Crippen molar-refractivity contribution >= 4 is 23.0 Å². The highest BCUT2D eigenvalue weighted by molar-refractivity contribution is 5.67. The molecule has 0 aliphatic heterocycles. The first-order valence-electron chi connectivity index (χ1n) is 7.15. The molecule has 0 saturated heterocycles. The Morgan fingerprint density at radius 1 is 1.00 bits per heavy atom. The standard InChI is InChI=1S/C18H15N5/c1-23(15-8-3-2-4-9-15)18-11-17(20-13-21-18)22-16-10-6-5-7-14(16)12-19/h2-11,13H,1H3,(H,20,21,22). The summed E-state index contributed by atoms with van der Waals surface area (Å²) < 4.78 is 0. The summed E-state index contributed by atoms with van der Waals surface area (Å²) in [6.45, 7) is 0. The van der Waals surface area contributed by atoms with Gasteiger partial charge < -0.3 is 10.2 Å². The summed E-state index contributed by atoms with van der Waals surface area (Å²) in [4.78, 5) is 10.5. The number of benzene rings is 2. The third-order valence-corrected chi connectivity index (χ3v) is 3.45. The largest absolute Gasteiger partial charge is 0.339 e. The van der Waals surface area contributed by atoms with Crippen molar-refractivity contribution in [1.82, 2.24) is 9.97 Å². The van der Waals surface area contributed by atoms with Gasteiger partial charge in [0.1, 0.15) is 24.0 Å². The van der Waals surface area contributed by atoms with Crippen LogP contribution in [0, 0.1) is 11.3 Å². The lowest BCUT2D eigenvalue weighted by molar-refractivity contribution is 1.08. The zero-order valence-corrected chi connectivity index (χ0v) is 12.6. The molecular formula is C18H15N5. The summed E-state index contributed by atoms with van der Waals surface area (Å²) in [5, 5.41) is 12.3. The Hall–Kier alpha value is -3.39. The third kappa shape index (κ3) is 3.27. The van der Waals surface area contributed by atoms with E-state index in [1.807, 2.05) is 66.5 Å². The number of nitrogens with zero attached hydrogens (tertiary/aromatic N) is 4. The van der Waals surface area contributed by atoms with Gasteiger partial charge in [-0.15, -0.1) is 0 Å². The molecule has 0 saturated carbocycles. The maximum absolute atomic E-state index is 9.16. The summed E-state index contributed by atoms with van der Waals surface area (Å²) in [7, 11) is 1.95. The fourth-order valence-corrected chi connectivity index (χ4v) is 2.21. The van der Waals surface area contributed by atoms with Gasteiger partial charge in [-0.25, -0.2) is 9.97 Å². The molecule has 3 aromatic rings. The van der Waals surface area contributed by atoms with Crippen molar-refractivity contribution in [3.05, 3.63) is 72.6 Å². The molecule has 0 fully saturated rings. The van der Waals surface area contributed by atoms with Crippen molar-refractivity contribution in [2.24, 2.45) is 0 Å². The molecule has 5 heteroatoms. The lowest BCUT2D eigenvalue weighted by Crippen LogP contribution is -2.11. The van der Waals surface area contributed by atoms with Crippen molar-refractivity contribution in [1.29, 1.82) is 5.26 Å². The molecule has 112 valence electrons. The first kappa shape index (κ1) is 14.5. The average molecular weight is 301 g/mol. The van der Waals surface area contributed by atoms with Crippen LogP contribution in [0.1, 0.15) is 5.56 Å². The number of nitrogens with one attached hydrogen (secondary N) is 1. The molecule has 1 aromatic heterocycles. The van der Waals surface area contributed by atoms with E-state index >= 15 is 0 Å². The molecular weight excluding hydrogens is 286 g/mol. The van der Waals surface area contributed by atoms with Crippen LogP contribution in [0.3, 0.4) is 0 Å². The molecule has 0 bridgehead atoms. The van der Waals surface area contributed by atoms with E-state index < -0.39 is 0 Å². The van der Waals surface area contributed by atoms with E-state index in [0.29, 0.717) is 11.4 Å². The Labute approximate surface area is 134 Å². The van der Waals surface area contributed by atoms with Crippen LogP contribution in [0.4, 0.5) is 23.0 Å². The highest BCUT2D eigenvalue weighted by atomic mass is 15.2. The van der Waals surface area contributed by atoms with Crippen LogP contribution in [0.2, 0.25) is 0 Å². The summed E-state index contributed by atoms with van der Waals surface area (Å²) in [6.07, 6.45) is 1.51. The normalized spacial score (nSPS) is 9.91. The van der Waals surface area contributed by atoms with Crippen molar-refractivity contribution < 1.29 is 0 Å². The van der Waals surface area contributed by atoms with Crippen molar-refractivity contribution in [2.45, 2.75) is 0 Å². The van der Waals surface area contributed by atoms with Crippen molar-refractivity contribution in [2.75, 3.05) is 17.3 Å². The number of nitriles is 1. The zero-order chi connectivity index (χ0) is 16.1.